The Kier molecular flexibility index (Phi) is 21.2. The Morgan fingerprint density at radius 3 is 1.53 bits per heavy atom. The molecular weight excluding hydrogens is 626 g/mol. The topological polar surface area (TPSA) is 309 Å². The number of thioether (sulfide) groups is 1. The van der Waals surface area contributed by atoms with Crippen LogP contribution in [-0.4, -0.2) is 108 Å². The number of hydrogen-bond acceptors (Lipinski definition) is 10. The molecule has 19 heteroatoms. The number of guanidine groups is 2. The lowest BCUT2D eigenvalue weighted by atomic mass is 10.0. The van der Waals surface area contributed by atoms with Gasteiger partial charge < -0.3 is 55.0 Å². The molecule has 0 heterocycles. The van der Waals surface area contributed by atoms with Gasteiger partial charge in [-0.2, -0.15) is 24.4 Å². The van der Waals surface area contributed by atoms with E-state index in [4.69, 9.17) is 28.7 Å². The molecule has 0 saturated carbocycles. The van der Waals surface area contributed by atoms with Gasteiger partial charge in [0, 0.05) is 18.8 Å². The van der Waals surface area contributed by atoms with Gasteiger partial charge >= 0.3 is 5.97 Å². The maximum atomic E-state index is 13.5. The van der Waals surface area contributed by atoms with Gasteiger partial charge in [-0.25, -0.2) is 4.79 Å². The van der Waals surface area contributed by atoms with Crippen molar-refractivity contribution in [3.63, 3.8) is 0 Å². The van der Waals surface area contributed by atoms with Gasteiger partial charge in [0.05, 0.1) is 6.04 Å². The normalized spacial score (nSPS) is 14.2. The molecule has 45 heavy (non-hydrogen) atoms. The highest BCUT2D eigenvalue weighted by molar-refractivity contribution is 7.98. The van der Waals surface area contributed by atoms with Gasteiger partial charge in [0.15, 0.2) is 11.9 Å². The van der Waals surface area contributed by atoms with Crippen LogP contribution >= 0.6 is 24.4 Å². The molecular formula is C26H51N11O6S2. The molecule has 0 saturated heterocycles. The fraction of sp³-hybridized carbons (Fsp3) is 0.731. The zero-order valence-corrected chi connectivity index (χ0v) is 27.9. The van der Waals surface area contributed by atoms with Gasteiger partial charge in [-0.15, -0.1) is 0 Å². The van der Waals surface area contributed by atoms with E-state index in [1.165, 1.54) is 11.8 Å². The summed E-state index contributed by atoms with van der Waals surface area (Å²) < 4.78 is 0. The molecule has 0 aliphatic heterocycles. The Morgan fingerprint density at radius 1 is 0.733 bits per heavy atom. The lowest BCUT2D eigenvalue weighted by Crippen LogP contribution is -2.58. The van der Waals surface area contributed by atoms with Crippen LogP contribution in [0.5, 0.6) is 0 Å². The Balaban J connectivity index is 6.06. The van der Waals surface area contributed by atoms with Crippen LogP contribution in [0.3, 0.4) is 0 Å². The number of nitrogens with zero attached hydrogens (tertiary/aromatic N) is 2. The molecule has 0 aromatic heterocycles. The van der Waals surface area contributed by atoms with Crippen LogP contribution in [0.25, 0.3) is 0 Å². The van der Waals surface area contributed by atoms with Crippen molar-refractivity contribution in [3.8, 4) is 0 Å². The number of rotatable bonds is 23. The van der Waals surface area contributed by atoms with Crippen LogP contribution in [0.1, 0.15) is 52.4 Å². The van der Waals surface area contributed by atoms with Crippen molar-refractivity contribution >= 4 is 65.9 Å². The molecule has 0 bridgehead atoms. The average Bonchev–Trinajstić information content (AvgIpc) is 2.96. The van der Waals surface area contributed by atoms with Crippen LogP contribution in [0.15, 0.2) is 9.98 Å². The highest BCUT2D eigenvalue weighted by atomic mass is 32.2. The second-order valence-corrected chi connectivity index (χ2v) is 12.0. The summed E-state index contributed by atoms with van der Waals surface area (Å²) in [7, 11) is 0. The highest BCUT2D eigenvalue weighted by Crippen LogP contribution is 2.09. The molecule has 0 aliphatic rings. The SMILES string of the molecule is CSCC[C@H](N)C(=O)N[C@@H](CC(C)C)C(=O)N[C@@H](CCCN=C(N)N)C(=O)N[C@@H](CCCN=C(N)N)C(=O)N[C@@H](CS)C(=O)O. The number of carboxylic acids is 1. The molecule has 0 fully saturated rings. The fourth-order valence-electron chi connectivity index (χ4n) is 3.90. The number of carbonyl (C=O) groups excluding carboxylic acids is 4. The fourth-order valence-corrected chi connectivity index (χ4v) is 4.64. The largest absolute Gasteiger partial charge is 0.480 e. The zero-order valence-electron chi connectivity index (χ0n) is 26.2. The van der Waals surface area contributed by atoms with E-state index in [-0.39, 0.29) is 68.8 Å². The summed E-state index contributed by atoms with van der Waals surface area (Å²) in [5.41, 5.74) is 27.5. The molecule has 0 radical (unpaired) electrons. The number of hydrogen-bond donors (Lipinski definition) is 11. The number of amides is 4. The molecule has 0 spiro atoms. The minimum absolute atomic E-state index is 0.00456. The smallest absolute Gasteiger partial charge is 0.327 e. The van der Waals surface area contributed by atoms with E-state index in [1.807, 2.05) is 20.1 Å². The zero-order chi connectivity index (χ0) is 34.5. The third kappa shape index (κ3) is 18.8. The summed E-state index contributed by atoms with van der Waals surface area (Å²) in [6.07, 6.45) is 3.23. The van der Waals surface area contributed by atoms with Gasteiger partial charge in [-0.3, -0.25) is 29.2 Å². The lowest BCUT2D eigenvalue weighted by Gasteiger charge is -2.27. The van der Waals surface area contributed by atoms with Crippen LogP contribution in [-0.2, 0) is 24.0 Å². The Morgan fingerprint density at radius 2 is 1.16 bits per heavy atom. The third-order valence-corrected chi connectivity index (χ3v) is 7.27. The number of thiol groups is 1. The molecule has 0 unspecified atom stereocenters. The molecule has 258 valence electrons. The molecule has 0 aliphatic carbocycles. The summed E-state index contributed by atoms with van der Waals surface area (Å²) in [5.74, 6) is -3.74. The average molecular weight is 678 g/mol. The number of aliphatic imine (C=N–C) groups is 2. The summed E-state index contributed by atoms with van der Waals surface area (Å²) in [6.45, 7) is 4.05. The van der Waals surface area contributed by atoms with Crippen LogP contribution < -0.4 is 49.9 Å². The minimum Gasteiger partial charge on any atom is -0.480 e. The molecule has 0 aromatic rings. The molecule has 4 amide bonds. The predicted molar refractivity (Wildman–Crippen MR) is 179 cm³/mol. The van der Waals surface area contributed by atoms with E-state index in [1.54, 1.807) is 0 Å². The number of aliphatic carboxylic acids is 1. The van der Waals surface area contributed by atoms with E-state index in [0.717, 1.165) is 0 Å². The molecule has 15 N–H and O–H groups in total. The van der Waals surface area contributed by atoms with Crippen molar-refractivity contribution in [3.05, 3.63) is 0 Å². The lowest BCUT2D eigenvalue weighted by molar-refractivity contribution is -0.141. The summed E-state index contributed by atoms with van der Waals surface area (Å²) in [6, 6.07) is -5.49. The van der Waals surface area contributed by atoms with Crippen molar-refractivity contribution in [2.75, 3.05) is 30.9 Å². The first kappa shape index (κ1) is 41.5. The summed E-state index contributed by atoms with van der Waals surface area (Å²) >= 11 is 5.50. The highest BCUT2D eigenvalue weighted by Gasteiger charge is 2.31. The van der Waals surface area contributed by atoms with E-state index >= 15 is 0 Å². The molecule has 5 atom stereocenters. The van der Waals surface area contributed by atoms with Gasteiger partial charge in [-0.1, -0.05) is 13.8 Å². The van der Waals surface area contributed by atoms with E-state index < -0.39 is 59.8 Å². The van der Waals surface area contributed by atoms with E-state index in [2.05, 4.69) is 43.9 Å². The monoisotopic (exact) mass is 677 g/mol. The standard InChI is InChI=1S/C26H51N11O6S2/c1-14(2)12-18(36-20(38)15(27)8-11-45-3)23(41)35-16(6-4-9-32-25(28)29)21(39)34-17(7-5-10-33-26(30)31)22(40)37-19(13-44)24(42)43/h14-19,44H,4-13,27H2,1-3H3,(H,34,39)(H,35,41)(H,36,38)(H,37,40)(H,42,43)(H4,28,29,32)(H4,30,31,33)/t15-,16-,17-,18-,19-/m0/s1. The van der Waals surface area contributed by atoms with Gasteiger partial charge in [0.2, 0.25) is 23.6 Å². The Labute approximate surface area is 273 Å². The second kappa shape index (κ2) is 23.0. The summed E-state index contributed by atoms with van der Waals surface area (Å²) in [4.78, 5) is 72.0. The summed E-state index contributed by atoms with van der Waals surface area (Å²) in [5, 5.41) is 19.7. The Hall–Kier alpha value is -3.45. The van der Waals surface area contributed by atoms with Crippen LogP contribution in [0.2, 0.25) is 0 Å². The van der Waals surface area contributed by atoms with Crippen molar-refractivity contribution < 1.29 is 29.1 Å². The van der Waals surface area contributed by atoms with E-state index in [0.29, 0.717) is 12.2 Å². The maximum absolute atomic E-state index is 13.5. The number of carbonyl (C=O) groups is 5. The van der Waals surface area contributed by atoms with Crippen molar-refractivity contribution in [2.24, 2.45) is 44.6 Å². The molecule has 0 aromatic carbocycles. The molecule has 17 nitrogen and oxygen atoms in total. The van der Waals surface area contributed by atoms with Crippen molar-refractivity contribution in [1.82, 2.24) is 21.3 Å². The molecule has 0 rings (SSSR count). The first-order valence-corrected chi connectivity index (χ1v) is 16.6. The van der Waals surface area contributed by atoms with Crippen molar-refractivity contribution in [1.29, 1.82) is 0 Å². The Bertz CT molecular complexity index is 1020. The minimum atomic E-state index is -1.31. The number of nitrogens with two attached hydrogens (primary N) is 5. The first-order chi connectivity index (χ1) is 21.1. The van der Waals surface area contributed by atoms with Crippen LogP contribution in [0, 0.1) is 5.92 Å². The maximum Gasteiger partial charge on any atom is 0.327 e. The van der Waals surface area contributed by atoms with Gasteiger partial charge in [-0.05, 0) is 56.5 Å². The third-order valence-electron chi connectivity index (χ3n) is 6.26. The predicted octanol–water partition coefficient (Wildman–Crippen LogP) is -2.83. The van der Waals surface area contributed by atoms with Crippen molar-refractivity contribution in [2.45, 2.75) is 82.6 Å². The number of nitrogens with one attached hydrogen (secondary N) is 4. The van der Waals surface area contributed by atoms with E-state index in [9.17, 15) is 29.1 Å². The van der Waals surface area contributed by atoms with Gasteiger partial charge in [0.25, 0.3) is 0 Å². The number of carboxylic acid groups (broad SMARTS) is 1. The van der Waals surface area contributed by atoms with Crippen LogP contribution in [0.4, 0.5) is 0 Å². The van der Waals surface area contributed by atoms with Gasteiger partial charge in [0.1, 0.15) is 24.2 Å². The second-order valence-electron chi connectivity index (χ2n) is 10.7. The first-order valence-electron chi connectivity index (χ1n) is 14.5. The quantitative estimate of drug-likeness (QED) is 0.0226.